The molecule has 0 saturated carbocycles. The normalized spacial score (nSPS) is 12.5. The molecule has 2 aromatic rings. The molecule has 0 radical (unpaired) electrons. The van der Waals surface area contributed by atoms with Crippen molar-refractivity contribution in [3.8, 4) is 0 Å². The van der Waals surface area contributed by atoms with E-state index in [4.69, 9.17) is 70.2 Å². The van der Waals surface area contributed by atoms with E-state index in [0.717, 1.165) is 5.56 Å². The van der Waals surface area contributed by atoms with Gasteiger partial charge in [0.05, 0.1) is 10.7 Å². The van der Waals surface area contributed by atoms with Gasteiger partial charge in [0.2, 0.25) is 9.70 Å². The molecule has 1 atom stereocenters. The average molecular weight is 498 g/mol. The van der Waals surface area contributed by atoms with Crippen molar-refractivity contribution in [1.29, 1.82) is 0 Å². The van der Waals surface area contributed by atoms with Gasteiger partial charge in [-0.15, -0.1) is 0 Å². The van der Waals surface area contributed by atoms with Gasteiger partial charge in [-0.1, -0.05) is 88.3 Å². The Bertz CT molecular complexity index is 871. The number of nitrogens with one attached hydrogen (secondary N) is 3. The SMILES string of the molecule is O=C(/C=C\c1ccccc1)N[C@@H](NC(=S)Nc1cc(Cl)ccc1Cl)C(Cl)(Cl)Cl. The first-order valence-electron chi connectivity index (χ1n) is 7.78. The predicted molar refractivity (Wildman–Crippen MR) is 124 cm³/mol. The monoisotopic (exact) mass is 495 g/mol. The lowest BCUT2D eigenvalue weighted by Gasteiger charge is -2.27. The van der Waals surface area contributed by atoms with Gasteiger partial charge >= 0.3 is 0 Å². The lowest BCUT2D eigenvalue weighted by molar-refractivity contribution is -0.117. The van der Waals surface area contributed by atoms with Crippen molar-refractivity contribution in [2.45, 2.75) is 9.96 Å². The number of alkyl halides is 3. The highest BCUT2D eigenvalue weighted by atomic mass is 35.6. The molecule has 10 heteroatoms. The Labute approximate surface area is 193 Å². The van der Waals surface area contributed by atoms with Crippen LogP contribution in [0.25, 0.3) is 6.08 Å². The zero-order valence-corrected chi connectivity index (χ0v) is 18.7. The molecule has 0 fully saturated rings. The zero-order chi connectivity index (χ0) is 20.7. The summed E-state index contributed by atoms with van der Waals surface area (Å²) in [4.78, 5) is 12.2. The zero-order valence-electron chi connectivity index (χ0n) is 14.1. The van der Waals surface area contributed by atoms with E-state index in [1.54, 1.807) is 24.3 Å². The molecule has 1 amide bonds. The topological polar surface area (TPSA) is 53.2 Å². The minimum absolute atomic E-state index is 0.0767. The smallest absolute Gasteiger partial charge is 0.245 e. The highest BCUT2D eigenvalue weighted by Crippen LogP contribution is 2.30. The number of carbonyl (C=O) groups excluding carboxylic acids is 1. The summed E-state index contributed by atoms with van der Waals surface area (Å²) in [6.07, 6.45) is 1.85. The van der Waals surface area contributed by atoms with Crippen LogP contribution in [0.15, 0.2) is 54.6 Å². The number of rotatable bonds is 5. The molecule has 28 heavy (non-hydrogen) atoms. The van der Waals surface area contributed by atoms with Crippen LogP contribution in [0.4, 0.5) is 5.69 Å². The molecule has 0 bridgehead atoms. The number of benzene rings is 2. The van der Waals surface area contributed by atoms with Crippen LogP contribution in [0.2, 0.25) is 10.0 Å². The molecule has 0 spiro atoms. The predicted octanol–water partition coefficient (Wildman–Crippen LogP) is 5.81. The molecule has 148 valence electrons. The van der Waals surface area contributed by atoms with Crippen molar-refractivity contribution in [2.75, 3.05) is 5.32 Å². The summed E-state index contributed by atoms with van der Waals surface area (Å²) in [5, 5.41) is 9.07. The van der Waals surface area contributed by atoms with Gasteiger partial charge in [0.15, 0.2) is 5.11 Å². The van der Waals surface area contributed by atoms with Crippen LogP contribution in [0.3, 0.4) is 0 Å². The summed E-state index contributed by atoms with van der Waals surface area (Å²) in [6.45, 7) is 0. The van der Waals surface area contributed by atoms with Crippen molar-refractivity contribution >= 4 is 93.0 Å². The number of thiocarbonyl (C=S) groups is 1. The molecule has 2 rings (SSSR count). The van der Waals surface area contributed by atoms with Gasteiger partial charge in [0.1, 0.15) is 6.17 Å². The molecule has 0 saturated heterocycles. The van der Waals surface area contributed by atoms with E-state index >= 15 is 0 Å². The van der Waals surface area contributed by atoms with Gasteiger partial charge in [-0.05, 0) is 42.1 Å². The lowest BCUT2D eigenvalue weighted by atomic mass is 10.2. The number of halogens is 5. The van der Waals surface area contributed by atoms with E-state index in [1.165, 1.54) is 6.08 Å². The Balaban J connectivity index is 2.03. The quantitative estimate of drug-likeness (QED) is 0.211. The maximum Gasteiger partial charge on any atom is 0.245 e. The van der Waals surface area contributed by atoms with Crippen molar-refractivity contribution in [1.82, 2.24) is 10.6 Å². The molecule has 4 nitrogen and oxygen atoms in total. The van der Waals surface area contributed by atoms with E-state index in [9.17, 15) is 4.79 Å². The van der Waals surface area contributed by atoms with Crippen molar-refractivity contribution in [2.24, 2.45) is 0 Å². The first kappa shape index (κ1) is 23.1. The lowest BCUT2D eigenvalue weighted by Crippen LogP contribution is -2.55. The number of amides is 1. The van der Waals surface area contributed by atoms with Gasteiger partial charge in [-0.25, -0.2) is 0 Å². The fourth-order valence-corrected chi connectivity index (χ4v) is 2.90. The fraction of sp³-hybridized carbons (Fsp3) is 0.111. The maximum atomic E-state index is 12.2. The minimum atomic E-state index is -1.87. The summed E-state index contributed by atoms with van der Waals surface area (Å²) in [6, 6.07) is 14.1. The second-order valence-corrected chi connectivity index (χ2v) is 9.07. The van der Waals surface area contributed by atoms with E-state index in [2.05, 4.69) is 16.0 Å². The van der Waals surface area contributed by atoms with Crippen LogP contribution in [-0.4, -0.2) is 21.0 Å². The Morgan fingerprint density at radius 3 is 2.36 bits per heavy atom. The Morgan fingerprint density at radius 2 is 1.71 bits per heavy atom. The second kappa shape index (κ2) is 10.5. The highest BCUT2D eigenvalue weighted by Gasteiger charge is 2.34. The Morgan fingerprint density at radius 1 is 1.04 bits per heavy atom. The summed E-state index contributed by atoms with van der Waals surface area (Å²) in [5.41, 5.74) is 1.31. The van der Waals surface area contributed by atoms with Gasteiger partial charge in [0, 0.05) is 11.1 Å². The highest BCUT2D eigenvalue weighted by molar-refractivity contribution is 7.80. The number of hydrogen-bond acceptors (Lipinski definition) is 2. The standard InChI is InChI=1S/C18H14Cl5N3OS/c19-12-7-8-13(20)14(10-12)24-17(28)26-16(18(21,22)23)25-15(27)9-6-11-4-2-1-3-5-11/h1-10,16H,(H,25,27)(H2,24,26,28)/b9-6-/t16-/m0/s1. The third-order valence-electron chi connectivity index (χ3n) is 3.29. The van der Waals surface area contributed by atoms with Crippen LogP contribution in [0, 0.1) is 0 Å². The van der Waals surface area contributed by atoms with Crippen LogP contribution in [-0.2, 0) is 4.79 Å². The average Bonchev–Trinajstić information content (AvgIpc) is 2.62. The molecule has 3 N–H and O–H groups in total. The third kappa shape index (κ3) is 7.66. The van der Waals surface area contributed by atoms with E-state index in [-0.39, 0.29) is 5.11 Å². The van der Waals surface area contributed by atoms with Gasteiger partial charge in [-0.3, -0.25) is 4.79 Å². The van der Waals surface area contributed by atoms with Gasteiger partial charge in [-0.2, -0.15) is 0 Å². The molecule has 0 unspecified atom stereocenters. The third-order valence-corrected chi connectivity index (χ3v) is 4.73. The first-order valence-corrected chi connectivity index (χ1v) is 10.1. The molecular weight excluding hydrogens is 484 g/mol. The molecule has 0 aromatic heterocycles. The molecule has 0 aliphatic heterocycles. The maximum absolute atomic E-state index is 12.2. The fourth-order valence-electron chi connectivity index (χ4n) is 2.01. The number of hydrogen-bond donors (Lipinski definition) is 3. The Kier molecular flexibility index (Phi) is 8.68. The van der Waals surface area contributed by atoms with E-state index in [0.29, 0.717) is 15.7 Å². The molecular formula is C18H14Cl5N3OS. The minimum Gasteiger partial charge on any atom is -0.339 e. The van der Waals surface area contributed by atoms with E-state index in [1.807, 2.05) is 30.3 Å². The summed E-state index contributed by atoms with van der Waals surface area (Å²) in [5.74, 6) is -0.476. The van der Waals surface area contributed by atoms with Crippen LogP contribution < -0.4 is 16.0 Å². The summed E-state index contributed by atoms with van der Waals surface area (Å²) < 4.78 is -1.87. The van der Waals surface area contributed by atoms with Gasteiger partial charge < -0.3 is 16.0 Å². The molecule has 0 aliphatic rings. The molecule has 0 heterocycles. The molecule has 2 aromatic carbocycles. The van der Waals surface area contributed by atoms with E-state index < -0.39 is 15.9 Å². The van der Waals surface area contributed by atoms with Crippen molar-refractivity contribution in [3.63, 3.8) is 0 Å². The second-order valence-electron chi connectivity index (χ2n) is 5.45. The molecule has 0 aliphatic carbocycles. The largest absolute Gasteiger partial charge is 0.339 e. The van der Waals surface area contributed by atoms with Crippen LogP contribution in [0.1, 0.15) is 5.56 Å². The van der Waals surface area contributed by atoms with Crippen molar-refractivity contribution in [3.05, 3.63) is 70.2 Å². The Hall–Kier alpha value is -1.21. The summed E-state index contributed by atoms with van der Waals surface area (Å²) >= 11 is 35.1. The first-order chi connectivity index (χ1) is 13.1. The van der Waals surface area contributed by atoms with Crippen LogP contribution >= 0.6 is 70.2 Å². The van der Waals surface area contributed by atoms with Crippen molar-refractivity contribution < 1.29 is 4.79 Å². The number of anilines is 1. The van der Waals surface area contributed by atoms with Gasteiger partial charge in [0.25, 0.3) is 0 Å². The summed E-state index contributed by atoms with van der Waals surface area (Å²) in [7, 11) is 0. The van der Waals surface area contributed by atoms with Crippen LogP contribution in [0.5, 0.6) is 0 Å². The number of carbonyl (C=O) groups is 1.